The smallest absolute Gasteiger partial charge is 0.279 e. The van der Waals surface area contributed by atoms with E-state index in [1.807, 2.05) is 24.3 Å². The molecule has 12 heteroatoms. The van der Waals surface area contributed by atoms with Gasteiger partial charge >= 0.3 is 0 Å². The van der Waals surface area contributed by atoms with Crippen molar-refractivity contribution in [1.82, 2.24) is 19.8 Å². The number of aliphatic hydroxyl groups is 2. The first kappa shape index (κ1) is 43.4. The van der Waals surface area contributed by atoms with Crippen LogP contribution in [0, 0.1) is 11.8 Å². The maximum atomic E-state index is 14.8. The van der Waals surface area contributed by atoms with Crippen molar-refractivity contribution in [3.8, 4) is 0 Å². The zero-order valence-corrected chi connectivity index (χ0v) is 34.2. The fourth-order valence-corrected chi connectivity index (χ4v) is 7.23. The number of hydrogen-bond donors (Lipinski definition) is 4. The standard InChI is InChI=1S/C48H52N6O6/c1-29(2)41(49)47(59)53(45(57)37-25-23-33-19-11-13-21-35(33)51-37)39(27-31-15-7-5-8-16-31)43(55)44(56)40(28-32-17-9-6-10-18-32)54(48(60)42(50)30(3)4)46(58)38-26-24-34-20-12-14-22-36(34)52-38/h5-26,29-30,39-44,55-56H,27-28,49-50H2,1-4H3/t39-,40-,41-,42-,43+,44+/m0/s1. The van der Waals surface area contributed by atoms with Gasteiger partial charge in [0.05, 0.1) is 35.2 Å². The molecule has 4 amide bonds. The fourth-order valence-electron chi connectivity index (χ4n) is 7.23. The summed E-state index contributed by atoms with van der Waals surface area (Å²) in [5.41, 5.74) is 15.1. The number of para-hydroxylation sites is 2. The lowest BCUT2D eigenvalue weighted by molar-refractivity contribution is -0.143. The number of aromatic nitrogens is 2. The van der Waals surface area contributed by atoms with Gasteiger partial charge in [-0.2, -0.15) is 0 Å². The topological polar surface area (TPSA) is 193 Å². The highest BCUT2D eigenvalue weighted by Gasteiger charge is 2.46. The number of nitrogens with zero attached hydrogens (tertiary/aromatic N) is 4. The normalized spacial score (nSPS) is 14.6. The molecular weight excluding hydrogens is 757 g/mol. The van der Waals surface area contributed by atoms with E-state index < -0.39 is 71.8 Å². The van der Waals surface area contributed by atoms with Gasteiger partial charge in [-0.1, -0.05) is 137 Å². The first-order valence-electron chi connectivity index (χ1n) is 20.2. The number of imide groups is 2. The molecule has 6 aromatic rings. The molecular formula is C48H52N6O6. The van der Waals surface area contributed by atoms with Gasteiger partial charge in [0, 0.05) is 10.8 Å². The molecule has 0 aliphatic carbocycles. The second-order valence-electron chi connectivity index (χ2n) is 15.8. The average molecular weight is 809 g/mol. The van der Waals surface area contributed by atoms with E-state index in [4.69, 9.17) is 11.5 Å². The van der Waals surface area contributed by atoms with Crippen LogP contribution in [-0.4, -0.2) is 90.0 Å². The Kier molecular flexibility index (Phi) is 13.9. The summed E-state index contributed by atoms with van der Waals surface area (Å²) < 4.78 is 0. The van der Waals surface area contributed by atoms with Crippen molar-refractivity contribution >= 4 is 45.4 Å². The second-order valence-corrected chi connectivity index (χ2v) is 15.8. The van der Waals surface area contributed by atoms with Crippen LogP contribution in [0.15, 0.2) is 133 Å². The lowest BCUT2D eigenvalue weighted by Gasteiger charge is -2.41. The third kappa shape index (κ3) is 9.64. The molecule has 0 spiro atoms. The summed E-state index contributed by atoms with van der Waals surface area (Å²) in [6.07, 6.45) is -4.19. The molecule has 0 saturated carbocycles. The lowest BCUT2D eigenvalue weighted by Crippen LogP contribution is -2.64. The number of benzene rings is 4. The molecule has 0 bridgehead atoms. The number of rotatable bonds is 15. The Morgan fingerprint density at radius 2 is 0.833 bits per heavy atom. The Balaban J connectivity index is 1.52. The molecule has 0 saturated heterocycles. The van der Waals surface area contributed by atoms with E-state index in [9.17, 15) is 29.4 Å². The van der Waals surface area contributed by atoms with Crippen LogP contribution in [0.4, 0.5) is 0 Å². The number of fused-ring (bicyclic) bond motifs is 2. The molecule has 2 heterocycles. The molecule has 6 N–H and O–H groups in total. The highest BCUT2D eigenvalue weighted by atomic mass is 16.3. The van der Waals surface area contributed by atoms with E-state index in [1.54, 1.807) is 125 Å². The summed E-state index contributed by atoms with van der Waals surface area (Å²) in [7, 11) is 0. The minimum Gasteiger partial charge on any atom is -0.388 e. The Morgan fingerprint density at radius 3 is 1.18 bits per heavy atom. The zero-order chi connectivity index (χ0) is 43.1. The van der Waals surface area contributed by atoms with Gasteiger partial charge < -0.3 is 21.7 Å². The summed E-state index contributed by atoms with van der Waals surface area (Å²) in [6.45, 7) is 6.95. The molecule has 0 radical (unpaired) electrons. The van der Waals surface area contributed by atoms with Crippen molar-refractivity contribution < 1.29 is 29.4 Å². The Labute approximate surface area is 349 Å². The van der Waals surface area contributed by atoms with Crippen LogP contribution in [-0.2, 0) is 22.4 Å². The van der Waals surface area contributed by atoms with Gasteiger partial charge in [-0.15, -0.1) is 0 Å². The van der Waals surface area contributed by atoms with Crippen molar-refractivity contribution in [2.24, 2.45) is 23.3 Å². The van der Waals surface area contributed by atoms with Crippen molar-refractivity contribution in [3.63, 3.8) is 0 Å². The first-order chi connectivity index (χ1) is 28.8. The molecule has 6 atom stereocenters. The molecule has 0 unspecified atom stereocenters. The summed E-state index contributed by atoms with van der Waals surface area (Å²) in [6, 6.07) is 33.2. The molecule has 12 nitrogen and oxygen atoms in total. The van der Waals surface area contributed by atoms with E-state index in [0.717, 1.165) is 20.6 Å². The lowest BCUT2D eigenvalue weighted by atomic mass is 9.87. The number of aliphatic hydroxyl groups excluding tert-OH is 2. The third-order valence-electron chi connectivity index (χ3n) is 10.9. The highest BCUT2D eigenvalue weighted by molar-refractivity contribution is 6.07. The summed E-state index contributed by atoms with van der Waals surface area (Å²) >= 11 is 0. The molecule has 60 heavy (non-hydrogen) atoms. The van der Waals surface area contributed by atoms with Crippen LogP contribution in [0.5, 0.6) is 0 Å². The summed E-state index contributed by atoms with van der Waals surface area (Å²) in [5.74, 6) is -4.16. The van der Waals surface area contributed by atoms with Gasteiger partial charge in [0.2, 0.25) is 11.8 Å². The Hall–Kier alpha value is -6.18. The van der Waals surface area contributed by atoms with Crippen molar-refractivity contribution in [2.45, 2.75) is 76.9 Å². The number of amides is 4. The summed E-state index contributed by atoms with van der Waals surface area (Å²) in [4.78, 5) is 69.8. The predicted molar refractivity (Wildman–Crippen MR) is 231 cm³/mol. The van der Waals surface area contributed by atoms with Crippen LogP contribution in [0.1, 0.15) is 59.8 Å². The molecule has 4 aromatic carbocycles. The monoisotopic (exact) mass is 808 g/mol. The van der Waals surface area contributed by atoms with Crippen LogP contribution in [0.2, 0.25) is 0 Å². The van der Waals surface area contributed by atoms with E-state index in [1.165, 1.54) is 12.1 Å². The number of carbonyl (C=O) groups is 4. The van der Waals surface area contributed by atoms with Gasteiger partial charge in [0.1, 0.15) is 23.6 Å². The van der Waals surface area contributed by atoms with E-state index >= 15 is 0 Å². The largest absolute Gasteiger partial charge is 0.388 e. The number of nitrogens with two attached hydrogens (primary N) is 2. The van der Waals surface area contributed by atoms with Gasteiger partial charge in [0.25, 0.3) is 11.8 Å². The van der Waals surface area contributed by atoms with Gasteiger partial charge in [-0.3, -0.25) is 29.0 Å². The minimum atomic E-state index is -1.96. The van der Waals surface area contributed by atoms with E-state index in [0.29, 0.717) is 22.2 Å². The number of pyridine rings is 2. The van der Waals surface area contributed by atoms with Crippen molar-refractivity contribution in [1.29, 1.82) is 0 Å². The molecule has 6 rings (SSSR count). The number of hydrogen-bond acceptors (Lipinski definition) is 10. The van der Waals surface area contributed by atoms with Crippen LogP contribution in [0.25, 0.3) is 21.8 Å². The maximum Gasteiger partial charge on any atom is 0.279 e. The highest BCUT2D eigenvalue weighted by Crippen LogP contribution is 2.27. The van der Waals surface area contributed by atoms with E-state index in [-0.39, 0.29) is 24.2 Å². The van der Waals surface area contributed by atoms with Gasteiger partial charge in [-0.05, 0) is 60.1 Å². The van der Waals surface area contributed by atoms with Crippen LogP contribution < -0.4 is 11.5 Å². The average Bonchev–Trinajstić information content (AvgIpc) is 3.27. The Morgan fingerprint density at radius 1 is 0.500 bits per heavy atom. The van der Waals surface area contributed by atoms with Gasteiger partial charge in [0.15, 0.2) is 0 Å². The SMILES string of the molecule is CC(C)[C@H](N)C(=O)N(C(=O)c1ccc2ccccc2n1)[C@@H](Cc1ccccc1)[C@@H](O)[C@H](O)[C@H](Cc1ccccc1)N(C(=O)c1ccc2ccccc2n1)C(=O)[C@@H](N)C(C)C. The van der Waals surface area contributed by atoms with Gasteiger partial charge in [-0.25, -0.2) is 9.97 Å². The second kappa shape index (κ2) is 19.3. The third-order valence-corrected chi connectivity index (χ3v) is 10.9. The van der Waals surface area contributed by atoms with E-state index in [2.05, 4.69) is 9.97 Å². The molecule has 310 valence electrons. The Bertz CT molecular complexity index is 2270. The van der Waals surface area contributed by atoms with Crippen molar-refractivity contribution in [2.75, 3.05) is 0 Å². The molecule has 2 aromatic heterocycles. The molecule has 0 aliphatic rings. The predicted octanol–water partition coefficient (Wildman–Crippen LogP) is 5.33. The quantitative estimate of drug-likeness (QED) is 0.105. The maximum absolute atomic E-state index is 14.8. The molecule has 0 aliphatic heterocycles. The first-order valence-corrected chi connectivity index (χ1v) is 20.2. The molecule has 0 fully saturated rings. The minimum absolute atomic E-state index is 0.0872. The zero-order valence-electron chi connectivity index (χ0n) is 34.2. The van der Waals surface area contributed by atoms with Crippen LogP contribution >= 0.6 is 0 Å². The fraction of sp³-hybridized carbons (Fsp3) is 0.292. The number of carbonyl (C=O) groups excluding carboxylic acids is 4. The summed E-state index contributed by atoms with van der Waals surface area (Å²) in [5, 5.41) is 27.0. The van der Waals surface area contributed by atoms with Crippen molar-refractivity contribution in [3.05, 3.63) is 156 Å². The van der Waals surface area contributed by atoms with Crippen LogP contribution in [0.3, 0.4) is 0 Å².